The molecule has 1 aliphatic heterocycles. The highest BCUT2D eigenvalue weighted by atomic mass is 19.4. The fourth-order valence-corrected chi connectivity index (χ4v) is 3.01. The van der Waals surface area contributed by atoms with Gasteiger partial charge < -0.3 is 14.4 Å². The molecule has 1 amide bonds. The molecule has 30 heavy (non-hydrogen) atoms. The summed E-state index contributed by atoms with van der Waals surface area (Å²) in [6, 6.07) is 0.586. The molecule has 1 aromatic heterocycles. The van der Waals surface area contributed by atoms with Crippen molar-refractivity contribution in [3.63, 3.8) is 0 Å². The molecule has 1 atom stereocenters. The summed E-state index contributed by atoms with van der Waals surface area (Å²) in [6.45, 7) is 0.0160. The van der Waals surface area contributed by atoms with Crippen LogP contribution in [0.15, 0.2) is 18.3 Å². The third kappa shape index (κ3) is 4.41. The number of carbonyl (C=O) groups is 1. The summed E-state index contributed by atoms with van der Waals surface area (Å²) in [7, 11) is 0.926. The van der Waals surface area contributed by atoms with Crippen molar-refractivity contribution < 1.29 is 40.6 Å². The van der Waals surface area contributed by atoms with Crippen molar-refractivity contribution >= 4 is 5.91 Å². The molecule has 12 heteroatoms. The zero-order valence-electron chi connectivity index (χ0n) is 15.5. The van der Waals surface area contributed by atoms with Gasteiger partial charge in [0.2, 0.25) is 5.82 Å². The van der Waals surface area contributed by atoms with Gasteiger partial charge in [-0.2, -0.15) is 22.5 Å². The van der Waals surface area contributed by atoms with Gasteiger partial charge in [0.25, 0.3) is 5.91 Å². The molecule has 1 aromatic carbocycles. The van der Waals surface area contributed by atoms with Crippen LogP contribution in [0.5, 0.6) is 11.8 Å². The minimum atomic E-state index is -4.68. The Morgan fingerprint density at radius 2 is 1.97 bits per heavy atom. The predicted octanol–water partition coefficient (Wildman–Crippen LogP) is 3.60. The smallest absolute Gasteiger partial charge is 0.433 e. The Balaban J connectivity index is 1.77. The van der Waals surface area contributed by atoms with Gasteiger partial charge in [-0.05, 0) is 25.0 Å². The van der Waals surface area contributed by atoms with Crippen molar-refractivity contribution in [3.8, 4) is 11.8 Å². The zero-order valence-corrected chi connectivity index (χ0v) is 15.5. The summed E-state index contributed by atoms with van der Waals surface area (Å²) in [5.41, 5.74) is -1.92. The number of ether oxygens (including phenoxy) is 2. The van der Waals surface area contributed by atoms with Gasteiger partial charge in [-0.25, -0.2) is 13.8 Å². The van der Waals surface area contributed by atoms with Crippen LogP contribution in [0.3, 0.4) is 0 Å². The molecule has 3 rings (SSSR count). The van der Waals surface area contributed by atoms with E-state index in [9.17, 15) is 31.1 Å². The van der Waals surface area contributed by atoms with Gasteiger partial charge >= 0.3 is 12.2 Å². The third-order valence-electron chi connectivity index (χ3n) is 4.41. The Morgan fingerprint density at radius 3 is 2.63 bits per heavy atom. The number of benzene rings is 1. The molecule has 1 saturated heterocycles. The normalized spacial score (nSPS) is 17.0. The van der Waals surface area contributed by atoms with E-state index in [4.69, 9.17) is 4.74 Å². The topological polar surface area (TPSA) is 64.5 Å². The number of aromatic nitrogens is 2. The maximum absolute atomic E-state index is 14.4. The van der Waals surface area contributed by atoms with Gasteiger partial charge in [0.05, 0.1) is 19.2 Å². The molecule has 0 N–H and O–H groups in total. The minimum absolute atomic E-state index is 0.140. The molecule has 0 saturated carbocycles. The number of hydrogen-bond acceptors (Lipinski definition) is 5. The van der Waals surface area contributed by atoms with E-state index in [1.165, 1.54) is 0 Å². The number of rotatable bonds is 4. The van der Waals surface area contributed by atoms with Crippen LogP contribution in [-0.4, -0.2) is 47.1 Å². The summed E-state index contributed by atoms with van der Waals surface area (Å²) in [5.74, 6) is -6.35. The summed E-state index contributed by atoms with van der Waals surface area (Å²) >= 11 is 0. The summed E-state index contributed by atoms with van der Waals surface area (Å²) in [4.78, 5) is 20.7. The van der Waals surface area contributed by atoms with E-state index in [0.717, 1.165) is 18.2 Å². The number of alkyl halides is 3. The van der Waals surface area contributed by atoms with E-state index >= 15 is 0 Å². The second kappa shape index (κ2) is 8.36. The number of hydrogen-bond donors (Lipinski definition) is 0. The summed E-state index contributed by atoms with van der Waals surface area (Å²) in [6.07, 6.45) is -3.83. The average molecular weight is 435 g/mol. The lowest BCUT2D eigenvalue weighted by molar-refractivity contribution is -0.141. The molecule has 2 aromatic rings. The first-order chi connectivity index (χ1) is 14.1. The first-order valence-corrected chi connectivity index (χ1v) is 8.69. The number of amides is 1. The Labute approximate surface area is 166 Å². The molecule has 6 nitrogen and oxygen atoms in total. The molecular weight excluding hydrogens is 420 g/mol. The molecule has 0 spiro atoms. The van der Waals surface area contributed by atoms with Crippen LogP contribution < -0.4 is 9.47 Å². The molecule has 1 aliphatic rings. The van der Waals surface area contributed by atoms with Gasteiger partial charge in [0, 0.05) is 12.7 Å². The molecule has 162 valence electrons. The number of likely N-dealkylation sites (tertiary alicyclic amines) is 1. The number of methoxy groups -OCH3 is 1. The molecule has 1 fully saturated rings. The van der Waals surface area contributed by atoms with Crippen LogP contribution in [0.2, 0.25) is 0 Å². The first-order valence-electron chi connectivity index (χ1n) is 8.69. The lowest BCUT2D eigenvalue weighted by Crippen LogP contribution is -2.44. The predicted molar refractivity (Wildman–Crippen MR) is 89.5 cm³/mol. The standard InChI is InChI=1S/C18H15F6N3O3/c1-29-15-13(20)10(7-11(19)14(15)21)16(28)27-6-2-3-9(8-27)30-17-25-5-4-12(26-17)18(22,23)24/h4-5,7,9H,2-3,6,8H2,1H3. The van der Waals surface area contributed by atoms with Crippen LogP contribution in [0.25, 0.3) is 0 Å². The number of halogens is 6. The van der Waals surface area contributed by atoms with E-state index in [1.54, 1.807) is 0 Å². The highest BCUT2D eigenvalue weighted by molar-refractivity contribution is 5.95. The quantitative estimate of drug-likeness (QED) is 0.543. The van der Waals surface area contributed by atoms with Gasteiger partial charge in [0.1, 0.15) is 6.10 Å². The van der Waals surface area contributed by atoms with Crippen molar-refractivity contribution in [1.82, 2.24) is 14.9 Å². The maximum atomic E-state index is 14.4. The van der Waals surface area contributed by atoms with Crippen molar-refractivity contribution in [2.24, 2.45) is 0 Å². The van der Waals surface area contributed by atoms with E-state index in [1.807, 2.05) is 0 Å². The van der Waals surface area contributed by atoms with Crippen LogP contribution >= 0.6 is 0 Å². The number of piperidine rings is 1. The summed E-state index contributed by atoms with van der Waals surface area (Å²) in [5, 5.41) is 0. The van der Waals surface area contributed by atoms with Crippen LogP contribution in [0.4, 0.5) is 26.3 Å². The van der Waals surface area contributed by atoms with Crippen LogP contribution in [0.1, 0.15) is 28.9 Å². The van der Waals surface area contributed by atoms with E-state index < -0.39 is 58.7 Å². The highest BCUT2D eigenvalue weighted by Crippen LogP contribution is 2.30. The molecule has 1 unspecified atom stereocenters. The largest absolute Gasteiger partial charge is 0.491 e. The Hall–Kier alpha value is -3.05. The number of nitrogens with zero attached hydrogens (tertiary/aromatic N) is 3. The maximum Gasteiger partial charge on any atom is 0.433 e. The Kier molecular flexibility index (Phi) is 6.04. The fraction of sp³-hybridized carbons (Fsp3) is 0.389. The van der Waals surface area contributed by atoms with Crippen molar-refractivity contribution in [1.29, 1.82) is 0 Å². The van der Waals surface area contributed by atoms with Crippen LogP contribution in [-0.2, 0) is 6.18 Å². The van der Waals surface area contributed by atoms with E-state index in [2.05, 4.69) is 14.7 Å². The highest BCUT2D eigenvalue weighted by Gasteiger charge is 2.34. The molecule has 0 aliphatic carbocycles. The lowest BCUT2D eigenvalue weighted by atomic mass is 10.1. The Morgan fingerprint density at radius 1 is 1.23 bits per heavy atom. The van der Waals surface area contributed by atoms with Gasteiger partial charge in [-0.3, -0.25) is 4.79 Å². The molecule has 2 heterocycles. The average Bonchev–Trinajstić information content (AvgIpc) is 2.70. The second-order valence-electron chi connectivity index (χ2n) is 6.42. The SMILES string of the molecule is COc1c(F)c(F)cc(C(=O)N2CCCC(Oc3nccc(C(F)(F)F)n3)C2)c1F. The lowest BCUT2D eigenvalue weighted by Gasteiger charge is -2.32. The monoisotopic (exact) mass is 435 g/mol. The van der Waals surface area contributed by atoms with Gasteiger partial charge in [-0.1, -0.05) is 0 Å². The third-order valence-corrected chi connectivity index (χ3v) is 4.41. The molecule has 0 radical (unpaired) electrons. The van der Waals surface area contributed by atoms with Crippen LogP contribution in [0, 0.1) is 17.5 Å². The first kappa shape index (κ1) is 21.7. The van der Waals surface area contributed by atoms with Crippen molar-refractivity contribution in [2.45, 2.75) is 25.1 Å². The second-order valence-corrected chi connectivity index (χ2v) is 6.42. The summed E-state index contributed by atoms with van der Waals surface area (Å²) < 4.78 is 89.8. The number of carbonyl (C=O) groups excluding carboxylic acids is 1. The molecular formula is C18H15F6N3O3. The molecule has 0 bridgehead atoms. The van der Waals surface area contributed by atoms with Crippen molar-refractivity contribution in [2.75, 3.05) is 20.2 Å². The zero-order chi connectivity index (χ0) is 22.1. The van der Waals surface area contributed by atoms with Gasteiger partial charge in [-0.15, -0.1) is 0 Å². The minimum Gasteiger partial charge on any atom is -0.491 e. The van der Waals surface area contributed by atoms with Gasteiger partial charge in [0.15, 0.2) is 23.1 Å². The van der Waals surface area contributed by atoms with E-state index in [-0.39, 0.29) is 13.1 Å². The van der Waals surface area contributed by atoms with Crippen molar-refractivity contribution in [3.05, 3.63) is 47.0 Å². The van der Waals surface area contributed by atoms with E-state index in [0.29, 0.717) is 25.0 Å². The fourth-order valence-electron chi connectivity index (χ4n) is 3.01. The Bertz CT molecular complexity index is 953.